The van der Waals surface area contributed by atoms with E-state index >= 15 is 0 Å². The molecule has 0 bridgehead atoms. The molecular formula is C7H4F3NO. The van der Waals surface area contributed by atoms with Crippen molar-refractivity contribution in [1.29, 1.82) is 0 Å². The number of Topliss-reactive ketones (excluding diaryl/α,β-unsaturated/α-hetero) is 1. The lowest BCUT2D eigenvalue weighted by atomic mass is 10.2. The van der Waals surface area contributed by atoms with Gasteiger partial charge in [-0.2, -0.15) is 13.2 Å². The number of halogens is 3. The Bertz CT molecular complexity index is 280. The number of carbonyl (C=O) groups excluding carboxylic acids is 1. The third-order valence-corrected chi connectivity index (χ3v) is 1.20. The predicted molar refractivity (Wildman–Crippen MR) is 34.6 cm³/mol. The number of nitrogens with zero attached hydrogens (tertiary/aromatic N) is 1. The van der Waals surface area contributed by atoms with Gasteiger partial charge in [-0.3, -0.25) is 9.78 Å². The lowest BCUT2D eigenvalue weighted by Gasteiger charge is -2.03. The van der Waals surface area contributed by atoms with Crippen molar-refractivity contribution >= 4 is 5.78 Å². The number of alkyl halides is 3. The monoisotopic (exact) mass is 175 g/mol. The molecule has 1 aromatic rings. The summed E-state index contributed by atoms with van der Waals surface area (Å²) in [7, 11) is 0. The second kappa shape index (κ2) is 2.92. The molecule has 1 rings (SSSR count). The Labute approximate surface area is 66.0 Å². The van der Waals surface area contributed by atoms with E-state index in [1.807, 2.05) is 0 Å². The van der Waals surface area contributed by atoms with Gasteiger partial charge in [-0.1, -0.05) is 0 Å². The van der Waals surface area contributed by atoms with Gasteiger partial charge in [0.15, 0.2) is 0 Å². The van der Waals surface area contributed by atoms with Gasteiger partial charge in [0.2, 0.25) is 0 Å². The molecule has 0 aliphatic rings. The summed E-state index contributed by atoms with van der Waals surface area (Å²) in [5, 5.41) is 0. The molecule has 1 heterocycles. The quantitative estimate of drug-likeness (QED) is 0.609. The zero-order valence-electron chi connectivity index (χ0n) is 5.80. The van der Waals surface area contributed by atoms with Crippen molar-refractivity contribution in [2.75, 3.05) is 0 Å². The van der Waals surface area contributed by atoms with Crippen LogP contribution in [-0.2, 0) is 0 Å². The molecule has 64 valence electrons. The summed E-state index contributed by atoms with van der Waals surface area (Å²) >= 11 is 0. The number of carbonyl (C=O) groups is 1. The van der Waals surface area contributed by atoms with Gasteiger partial charge >= 0.3 is 6.18 Å². The highest BCUT2D eigenvalue weighted by Crippen LogP contribution is 2.20. The summed E-state index contributed by atoms with van der Waals surface area (Å²) in [4.78, 5) is 14.0. The van der Waals surface area contributed by atoms with Crippen molar-refractivity contribution in [3.05, 3.63) is 30.1 Å². The first kappa shape index (κ1) is 8.70. The molecule has 0 amide bonds. The molecule has 0 unspecified atom stereocenters. The van der Waals surface area contributed by atoms with Crippen LogP contribution in [0.1, 0.15) is 10.4 Å². The van der Waals surface area contributed by atoms with Gasteiger partial charge in [-0.15, -0.1) is 0 Å². The van der Waals surface area contributed by atoms with Crippen molar-refractivity contribution in [2.24, 2.45) is 0 Å². The van der Waals surface area contributed by atoms with Gasteiger partial charge in [0.25, 0.3) is 5.78 Å². The molecule has 0 atom stereocenters. The molecule has 0 aliphatic heterocycles. The largest absolute Gasteiger partial charge is 0.454 e. The molecule has 0 saturated carbocycles. The second-order valence-corrected chi connectivity index (χ2v) is 2.06. The van der Waals surface area contributed by atoms with E-state index in [0.717, 1.165) is 24.5 Å². The highest BCUT2D eigenvalue weighted by atomic mass is 19.4. The van der Waals surface area contributed by atoms with E-state index in [4.69, 9.17) is 0 Å². The van der Waals surface area contributed by atoms with E-state index in [0.29, 0.717) is 0 Å². The maximum Gasteiger partial charge on any atom is 0.454 e. The van der Waals surface area contributed by atoms with Gasteiger partial charge in [0.05, 0.1) is 0 Å². The molecule has 0 saturated heterocycles. The Morgan fingerprint density at radius 3 is 2.17 bits per heavy atom. The Balaban J connectivity index is 2.94. The minimum absolute atomic E-state index is 0.391. The molecule has 0 radical (unpaired) electrons. The molecule has 0 N–H and O–H groups in total. The van der Waals surface area contributed by atoms with Crippen LogP contribution in [0.3, 0.4) is 0 Å². The summed E-state index contributed by atoms with van der Waals surface area (Å²) in [6.45, 7) is 0. The van der Waals surface area contributed by atoms with Crippen molar-refractivity contribution in [1.82, 2.24) is 4.98 Å². The average molecular weight is 175 g/mol. The van der Waals surface area contributed by atoms with Gasteiger partial charge in [-0.05, 0) is 12.1 Å². The van der Waals surface area contributed by atoms with Crippen molar-refractivity contribution < 1.29 is 18.0 Å². The normalized spacial score (nSPS) is 11.2. The first-order valence-electron chi connectivity index (χ1n) is 3.03. The molecule has 0 aromatic carbocycles. The average Bonchev–Trinajstić information content (AvgIpc) is 2.03. The van der Waals surface area contributed by atoms with Crippen LogP contribution >= 0.6 is 0 Å². The SMILES string of the molecule is O=C(c1ccncc1)C(F)(F)F. The summed E-state index contributed by atoms with van der Waals surface area (Å²) < 4.78 is 35.3. The van der Waals surface area contributed by atoms with Gasteiger partial charge < -0.3 is 0 Å². The Hall–Kier alpha value is -1.39. The minimum atomic E-state index is -4.80. The Morgan fingerprint density at radius 2 is 1.75 bits per heavy atom. The first-order valence-corrected chi connectivity index (χ1v) is 3.03. The van der Waals surface area contributed by atoms with E-state index in [2.05, 4.69) is 4.98 Å². The van der Waals surface area contributed by atoms with Crippen molar-refractivity contribution in [2.45, 2.75) is 6.18 Å². The van der Waals surface area contributed by atoms with E-state index < -0.39 is 17.5 Å². The Kier molecular flexibility index (Phi) is 2.12. The van der Waals surface area contributed by atoms with Crippen LogP contribution in [0.25, 0.3) is 0 Å². The highest BCUT2D eigenvalue weighted by Gasteiger charge is 2.38. The number of aromatic nitrogens is 1. The summed E-state index contributed by atoms with van der Waals surface area (Å²) in [6, 6.07) is 2.05. The lowest BCUT2D eigenvalue weighted by molar-refractivity contribution is -0.0885. The van der Waals surface area contributed by atoms with Crippen LogP contribution in [0.4, 0.5) is 13.2 Å². The van der Waals surface area contributed by atoms with E-state index in [1.165, 1.54) is 0 Å². The van der Waals surface area contributed by atoms with Crippen LogP contribution in [-0.4, -0.2) is 16.9 Å². The van der Waals surface area contributed by atoms with Crippen LogP contribution in [0.2, 0.25) is 0 Å². The molecular weight excluding hydrogens is 171 g/mol. The summed E-state index contributed by atoms with van der Waals surface area (Å²) in [5.74, 6) is -1.84. The van der Waals surface area contributed by atoms with E-state index in [1.54, 1.807) is 0 Å². The maximum atomic E-state index is 11.8. The zero-order valence-corrected chi connectivity index (χ0v) is 5.80. The third-order valence-electron chi connectivity index (χ3n) is 1.20. The van der Waals surface area contributed by atoms with Crippen LogP contribution < -0.4 is 0 Å². The predicted octanol–water partition coefficient (Wildman–Crippen LogP) is 1.83. The first-order chi connectivity index (χ1) is 5.52. The third kappa shape index (κ3) is 1.81. The number of hydrogen-bond donors (Lipinski definition) is 0. The number of pyridine rings is 1. The highest BCUT2D eigenvalue weighted by molar-refractivity contribution is 6.00. The fraction of sp³-hybridized carbons (Fsp3) is 0.143. The van der Waals surface area contributed by atoms with Gasteiger partial charge in [-0.25, -0.2) is 0 Å². The summed E-state index contributed by atoms with van der Waals surface area (Å²) in [5.41, 5.74) is -0.391. The summed E-state index contributed by atoms with van der Waals surface area (Å²) in [6.07, 6.45) is -2.53. The molecule has 0 aliphatic carbocycles. The smallest absolute Gasteiger partial charge is 0.284 e. The van der Waals surface area contributed by atoms with Crippen LogP contribution in [0.5, 0.6) is 0 Å². The topological polar surface area (TPSA) is 30.0 Å². The molecule has 12 heavy (non-hydrogen) atoms. The zero-order chi connectivity index (χ0) is 9.19. The molecule has 2 nitrogen and oxygen atoms in total. The fourth-order valence-electron chi connectivity index (χ4n) is 0.667. The number of ketones is 1. The number of hydrogen-bond acceptors (Lipinski definition) is 2. The molecule has 0 fully saturated rings. The second-order valence-electron chi connectivity index (χ2n) is 2.06. The van der Waals surface area contributed by atoms with Crippen LogP contribution in [0.15, 0.2) is 24.5 Å². The molecule has 1 aromatic heterocycles. The minimum Gasteiger partial charge on any atom is -0.284 e. The lowest BCUT2D eigenvalue weighted by Crippen LogP contribution is -2.22. The Morgan fingerprint density at radius 1 is 1.25 bits per heavy atom. The number of rotatable bonds is 1. The fourth-order valence-corrected chi connectivity index (χ4v) is 0.667. The van der Waals surface area contributed by atoms with Gasteiger partial charge in [0.1, 0.15) is 0 Å². The molecule has 5 heteroatoms. The van der Waals surface area contributed by atoms with Gasteiger partial charge in [0, 0.05) is 18.0 Å². The molecule has 0 spiro atoms. The van der Waals surface area contributed by atoms with E-state index in [9.17, 15) is 18.0 Å². The maximum absolute atomic E-state index is 11.8. The van der Waals surface area contributed by atoms with E-state index in [-0.39, 0.29) is 0 Å². The van der Waals surface area contributed by atoms with Crippen LogP contribution in [0, 0.1) is 0 Å². The van der Waals surface area contributed by atoms with Crippen molar-refractivity contribution in [3.63, 3.8) is 0 Å². The van der Waals surface area contributed by atoms with Crippen molar-refractivity contribution in [3.8, 4) is 0 Å². The standard InChI is InChI=1S/C7H4F3NO/c8-7(9,10)6(12)5-1-3-11-4-2-5/h1-4H.